The molecule has 7 nitrogen and oxygen atoms in total. The van der Waals surface area contributed by atoms with Crippen LogP contribution in [0, 0.1) is 5.92 Å². The summed E-state index contributed by atoms with van der Waals surface area (Å²) in [5.41, 5.74) is 0. The monoisotopic (exact) mass is 325 g/mol. The summed E-state index contributed by atoms with van der Waals surface area (Å²) in [5, 5.41) is 4.05. The van der Waals surface area contributed by atoms with Crippen LogP contribution in [0.2, 0.25) is 0 Å². The van der Waals surface area contributed by atoms with Crippen molar-refractivity contribution < 1.29 is 17.7 Å². The molecular weight excluding hydrogens is 306 g/mol. The number of carbonyl (C=O) groups is 1. The summed E-state index contributed by atoms with van der Waals surface area (Å²) < 4.78 is 28.5. The molecule has 1 saturated carbocycles. The van der Waals surface area contributed by atoms with Gasteiger partial charge in [0.15, 0.2) is 15.7 Å². The number of hydrogen-bond donors (Lipinski definition) is 0. The van der Waals surface area contributed by atoms with Crippen molar-refractivity contribution in [3.63, 3.8) is 0 Å². The molecule has 3 heterocycles. The SMILES string of the molecule is O=C([C@H]1CCS(=O)(=O)C1)N1CCC[C@H]1c1noc(C2CC2)n1. The van der Waals surface area contributed by atoms with Crippen LogP contribution in [-0.4, -0.2) is 47.4 Å². The predicted octanol–water partition coefficient (Wildman–Crippen LogP) is 1.05. The zero-order valence-corrected chi connectivity index (χ0v) is 13.1. The van der Waals surface area contributed by atoms with Crippen LogP contribution >= 0.6 is 0 Å². The predicted molar refractivity (Wildman–Crippen MR) is 76.7 cm³/mol. The first-order chi connectivity index (χ1) is 10.5. The molecule has 22 heavy (non-hydrogen) atoms. The third-order valence-electron chi connectivity index (χ3n) is 4.80. The molecule has 2 saturated heterocycles. The summed E-state index contributed by atoms with van der Waals surface area (Å²) in [4.78, 5) is 18.9. The van der Waals surface area contributed by atoms with Gasteiger partial charge in [0.1, 0.15) is 0 Å². The molecule has 2 aliphatic heterocycles. The molecule has 0 bridgehead atoms. The lowest BCUT2D eigenvalue weighted by molar-refractivity contribution is -0.135. The van der Waals surface area contributed by atoms with Crippen molar-refractivity contribution in [2.75, 3.05) is 18.1 Å². The maximum atomic E-state index is 12.6. The Balaban J connectivity index is 1.51. The Labute approximate surface area is 129 Å². The Morgan fingerprint density at radius 2 is 2.05 bits per heavy atom. The minimum Gasteiger partial charge on any atom is -0.339 e. The second kappa shape index (κ2) is 5.04. The van der Waals surface area contributed by atoms with Gasteiger partial charge in [-0.2, -0.15) is 4.98 Å². The third-order valence-corrected chi connectivity index (χ3v) is 6.57. The van der Waals surface area contributed by atoms with E-state index in [0.29, 0.717) is 30.6 Å². The normalized spacial score (nSPS) is 30.8. The molecule has 8 heteroatoms. The van der Waals surface area contributed by atoms with E-state index in [9.17, 15) is 13.2 Å². The number of likely N-dealkylation sites (tertiary alicyclic amines) is 1. The molecule has 2 atom stereocenters. The van der Waals surface area contributed by atoms with Crippen molar-refractivity contribution >= 4 is 15.7 Å². The highest BCUT2D eigenvalue weighted by Crippen LogP contribution is 2.40. The van der Waals surface area contributed by atoms with Crippen molar-refractivity contribution in [2.45, 2.75) is 44.1 Å². The topological polar surface area (TPSA) is 93.4 Å². The van der Waals surface area contributed by atoms with E-state index in [1.54, 1.807) is 4.90 Å². The van der Waals surface area contributed by atoms with E-state index >= 15 is 0 Å². The summed E-state index contributed by atoms with van der Waals surface area (Å²) >= 11 is 0. The lowest BCUT2D eigenvalue weighted by Crippen LogP contribution is -2.36. The first-order valence-corrected chi connectivity index (χ1v) is 9.70. The summed E-state index contributed by atoms with van der Waals surface area (Å²) in [6.45, 7) is 0.646. The van der Waals surface area contributed by atoms with Gasteiger partial charge in [-0.3, -0.25) is 4.79 Å². The molecule has 0 unspecified atom stereocenters. The minimum absolute atomic E-state index is 0.0192. The fourth-order valence-corrected chi connectivity index (χ4v) is 5.13. The zero-order valence-electron chi connectivity index (χ0n) is 12.3. The van der Waals surface area contributed by atoms with E-state index in [2.05, 4.69) is 10.1 Å². The van der Waals surface area contributed by atoms with Gasteiger partial charge in [0.25, 0.3) is 0 Å². The average Bonchev–Trinajstić information content (AvgIpc) is 2.92. The van der Waals surface area contributed by atoms with Crippen molar-refractivity contribution in [3.8, 4) is 0 Å². The number of rotatable bonds is 3. The largest absolute Gasteiger partial charge is 0.339 e. The van der Waals surface area contributed by atoms with E-state index in [-0.39, 0.29) is 23.5 Å². The fourth-order valence-electron chi connectivity index (χ4n) is 3.40. The van der Waals surface area contributed by atoms with Crippen LogP contribution in [0.1, 0.15) is 55.8 Å². The lowest BCUT2D eigenvalue weighted by atomic mass is 10.1. The van der Waals surface area contributed by atoms with Gasteiger partial charge in [0, 0.05) is 12.5 Å². The van der Waals surface area contributed by atoms with Crippen LogP contribution in [-0.2, 0) is 14.6 Å². The highest BCUT2D eigenvalue weighted by molar-refractivity contribution is 7.91. The molecule has 0 aromatic carbocycles. The number of aromatic nitrogens is 2. The van der Waals surface area contributed by atoms with Crippen LogP contribution in [0.3, 0.4) is 0 Å². The number of carbonyl (C=O) groups excluding carboxylic acids is 1. The highest BCUT2D eigenvalue weighted by Gasteiger charge is 2.41. The molecule has 0 spiro atoms. The smallest absolute Gasteiger partial charge is 0.229 e. The maximum absolute atomic E-state index is 12.6. The van der Waals surface area contributed by atoms with Crippen molar-refractivity contribution in [1.29, 1.82) is 0 Å². The van der Waals surface area contributed by atoms with Gasteiger partial charge in [-0.25, -0.2) is 8.42 Å². The summed E-state index contributed by atoms with van der Waals surface area (Å²) in [7, 11) is -3.05. The van der Waals surface area contributed by atoms with E-state index in [0.717, 1.165) is 25.7 Å². The summed E-state index contributed by atoms with van der Waals surface area (Å²) in [6, 6.07) is -0.160. The van der Waals surface area contributed by atoms with Crippen LogP contribution < -0.4 is 0 Å². The van der Waals surface area contributed by atoms with Crippen LogP contribution in [0.25, 0.3) is 0 Å². The number of sulfone groups is 1. The molecule has 3 fully saturated rings. The van der Waals surface area contributed by atoms with Crippen molar-refractivity contribution in [3.05, 3.63) is 11.7 Å². The van der Waals surface area contributed by atoms with Gasteiger partial charge < -0.3 is 9.42 Å². The third kappa shape index (κ3) is 2.53. The second-order valence-corrected chi connectivity index (χ2v) is 8.78. The molecular formula is C14H19N3O4S. The van der Waals surface area contributed by atoms with Crippen molar-refractivity contribution in [1.82, 2.24) is 15.0 Å². The molecule has 1 aromatic rings. The highest BCUT2D eigenvalue weighted by atomic mass is 32.2. The zero-order chi connectivity index (χ0) is 15.3. The number of hydrogen-bond acceptors (Lipinski definition) is 6. The number of nitrogens with zero attached hydrogens (tertiary/aromatic N) is 3. The van der Waals surface area contributed by atoms with Gasteiger partial charge in [0.2, 0.25) is 11.8 Å². The Kier molecular flexibility index (Phi) is 3.25. The second-order valence-electron chi connectivity index (χ2n) is 6.55. The molecule has 4 rings (SSSR count). The Morgan fingerprint density at radius 3 is 2.73 bits per heavy atom. The van der Waals surface area contributed by atoms with Gasteiger partial charge in [0.05, 0.1) is 23.5 Å². The van der Waals surface area contributed by atoms with Gasteiger partial charge >= 0.3 is 0 Å². The Morgan fingerprint density at radius 1 is 1.23 bits per heavy atom. The van der Waals surface area contributed by atoms with Crippen LogP contribution in [0.15, 0.2) is 4.52 Å². The standard InChI is InChI=1S/C14H19N3O4S/c18-14(10-5-7-22(19,20)8-10)17-6-1-2-11(17)12-15-13(21-16-12)9-3-4-9/h9-11H,1-8H2/t10-,11-/m0/s1. The van der Waals surface area contributed by atoms with Gasteiger partial charge in [-0.15, -0.1) is 0 Å². The quantitative estimate of drug-likeness (QED) is 0.824. The molecule has 1 aliphatic carbocycles. The molecule has 3 aliphatic rings. The molecule has 120 valence electrons. The van der Waals surface area contributed by atoms with E-state index in [1.165, 1.54) is 0 Å². The van der Waals surface area contributed by atoms with E-state index < -0.39 is 15.8 Å². The fraction of sp³-hybridized carbons (Fsp3) is 0.786. The number of amides is 1. The molecule has 1 amide bonds. The van der Waals surface area contributed by atoms with Gasteiger partial charge in [-0.05, 0) is 32.1 Å². The van der Waals surface area contributed by atoms with Crippen molar-refractivity contribution in [2.24, 2.45) is 5.92 Å². The van der Waals surface area contributed by atoms with E-state index in [4.69, 9.17) is 4.52 Å². The molecule has 1 aromatic heterocycles. The summed E-state index contributed by atoms with van der Waals surface area (Å²) in [5.74, 6) is 1.28. The van der Waals surface area contributed by atoms with Crippen LogP contribution in [0.5, 0.6) is 0 Å². The average molecular weight is 325 g/mol. The summed E-state index contributed by atoms with van der Waals surface area (Å²) in [6.07, 6.45) is 4.33. The molecule has 0 radical (unpaired) electrons. The minimum atomic E-state index is -3.05. The Hall–Kier alpha value is -1.44. The Bertz CT molecular complexity index is 695. The first kappa shape index (κ1) is 14.2. The lowest BCUT2D eigenvalue weighted by Gasteiger charge is -2.24. The molecule has 0 N–H and O–H groups in total. The van der Waals surface area contributed by atoms with Gasteiger partial charge in [-0.1, -0.05) is 5.16 Å². The first-order valence-electron chi connectivity index (χ1n) is 7.88. The van der Waals surface area contributed by atoms with Crippen LogP contribution in [0.4, 0.5) is 0 Å². The van der Waals surface area contributed by atoms with E-state index in [1.807, 2.05) is 0 Å². The maximum Gasteiger partial charge on any atom is 0.229 e.